The summed E-state index contributed by atoms with van der Waals surface area (Å²) in [5.41, 5.74) is 0. The van der Waals surface area contributed by atoms with Gasteiger partial charge in [-0.2, -0.15) is 0 Å². The van der Waals surface area contributed by atoms with Crippen molar-refractivity contribution in [2.75, 3.05) is 33.4 Å². The Balaban J connectivity index is 1.43. The molecule has 1 atom stereocenters. The quantitative estimate of drug-likeness (QED) is 0.741. The Kier molecular flexibility index (Phi) is 6.70. The summed E-state index contributed by atoms with van der Waals surface area (Å²) in [6, 6.07) is 11.0. The maximum Gasteiger partial charge on any atom is 0.263 e. The van der Waals surface area contributed by atoms with E-state index in [1.165, 1.54) is 11.3 Å². The van der Waals surface area contributed by atoms with Crippen LogP contribution in [0.15, 0.2) is 41.8 Å². The van der Waals surface area contributed by atoms with Crippen molar-refractivity contribution in [3.05, 3.63) is 46.7 Å². The fourth-order valence-electron chi connectivity index (χ4n) is 3.11. The Hall–Kier alpha value is -2.54. The molecule has 0 bridgehead atoms. The molecule has 1 N–H and O–H groups in total. The van der Waals surface area contributed by atoms with Crippen LogP contribution in [0.2, 0.25) is 0 Å². The lowest BCUT2D eigenvalue weighted by Gasteiger charge is -2.31. The van der Waals surface area contributed by atoms with Crippen LogP contribution in [0.5, 0.6) is 11.5 Å². The lowest BCUT2D eigenvalue weighted by molar-refractivity contribution is -0.126. The number of nitrogens with one attached hydrogen (secondary N) is 1. The Bertz CT molecular complexity index is 763. The van der Waals surface area contributed by atoms with Gasteiger partial charge < -0.3 is 19.7 Å². The van der Waals surface area contributed by atoms with Crippen molar-refractivity contribution >= 4 is 23.2 Å². The number of methoxy groups -OCH3 is 1. The van der Waals surface area contributed by atoms with Crippen LogP contribution >= 0.6 is 11.3 Å². The van der Waals surface area contributed by atoms with Crippen LogP contribution in [-0.2, 0) is 4.79 Å². The third kappa shape index (κ3) is 5.23. The summed E-state index contributed by atoms with van der Waals surface area (Å²) < 4.78 is 10.8. The van der Waals surface area contributed by atoms with Gasteiger partial charge in [0.1, 0.15) is 18.1 Å². The first-order valence-electron chi connectivity index (χ1n) is 9.04. The third-order valence-electron chi connectivity index (χ3n) is 4.52. The molecule has 7 heteroatoms. The minimum Gasteiger partial charge on any atom is -0.497 e. The van der Waals surface area contributed by atoms with Gasteiger partial charge in [0.2, 0.25) is 5.91 Å². The van der Waals surface area contributed by atoms with Crippen LogP contribution < -0.4 is 14.8 Å². The Labute approximate surface area is 163 Å². The largest absolute Gasteiger partial charge is 0.497 e. The zero-order valence-electron chi connectivity index (χ0n) is 15.3. The van der Waals surface area contributed by atoms with Crippen molar-refractivity contribution in [2.45, 2.75) is 12.8 Å². The van der Waals surface area contributed by atoms with Crippen LogP contribution in [0.25, 0.3) is 0 Å². The molecule has 1 saturated heterocycles. The van der Waals surface area contributed by atoms with E-state index in [-0.39, 0.29) is 17.7 Å². The molecule has 0 radical (unpaired) electrons. The van der Waals surface area contributed by atoms with Gasteiger partial charge in [-0.3, -0.25) is 9.59 Å². The summed E-state index contributed by atoms with van der Waals surface area (Å²) >= 11 is 1.43. The zero-order valence-corrected chi connectivity index (χ0v) is 16.2. The predicted octanol–water partition coefficient (Wildman–Crippen LogP) is 2.80. The van der Waals surface area contributed by atoms with Crippen LogP contribution in [-0.4, -0.2) is 50.1 Å². The van der Waals surface area contributed by atoms with Crippen LogP contribution in [0, 0.1) is 5.92 Å². The van der Waals surface area contributed by atoms with E-state index in [0.717, 1.165) is 23.5 Å². The van der Waals surface area contributed by atoms with Gasteiger partial charge in [0.25, 0.3) is 5.91 Å². The van der Waals surface area contributed by atoms with Gasteiger partial charge in [0, 0.05) is 19.2 Å². The van der Waals surface area contributed by atoms with E-state index < -0.39 is 0 Å². The third-order valence-corrected chi connectivity index (χ3v) is 5.38. The van der Waals surface area contributed by atoms with Gasteiger partial charge in [0.05, 0.1) is 24.4 Å². The number of rotatable bonds is 7. The molecule has 2 heterocycles. The maximum absolute atomic E-state index is 12.5. The maximum atomic E-state index is 12.5. The molecule has 1 aliphatic heterocycles. The molecular formula is C20H24N2O4S. The first-order valence-corrected chi connectivity index (χ1v) is 9.92. The fourth-order valence-corrected chi connectivity index (χ4v) is 3.80. The van der Waals surface area contributed by atoms with Crippen molar-refractivity contribution < 1.29 is 19.1 Å². The summed E-state index contributed by atoms with van der Waals surface area (Å²) in [5.74, 6) is 1.26. The molecule has 1 aliphatic rings. The molecular weight excluding hydrogens is 364 g/mol. The topological polar surface area (TPSA) is 67.9 Å². The van der Waals surface area contributed by atoms with Gasteiger partial charge >= 0.3 is 0 Å². The number of hydrogen-bond acceptors (Lipinski definition) is 5. The Morgan fingerprint density at radius 2 is 2.11 bits per heavy atom. The molecule has 2 aromatic rings. The smallest absolute Gasteiger partial charge is 0.263 e. The van der Waals surface area contributed by atoms with E-state index >= 15 is 0 Å². The number of hydrogen-bond donors (Lipinski definition) is 1. The molecule has 27 heavy (non-hydrogen) atoms. The molecule has 6 nitrogen and oxygen atoms in total. The first kappa shape index (κ1) is 19.2. The Morgan fingerprint density at radius 1 is 1.26 bits per heavy atom. The second-order valence-electron chi connectivity index (χ2n) is 6.39. The predicted molar refractivity (Wildman–Crippen MR) is 104 cm³/mol. The molecule has 1 fully saturated rings. The van der Waals surface area contributed by atoms with Gasteiger partial charge in [0.15, 0.2) is 0 Å². The monoisotopic (exact) mass is 388 g/mol. The zero-order chi connectivity index (χ0) is 19.1. The average Bonchev–Trinajstić information content (AvgIpc) is 3.25. The minimum absolute atomic E-state index is 0.0175. The molecule has 0 aliphatic carbocycles. The van der Waals surface area contributed by atoms with Crippen molar-refractivity contribution in [3.63, 3.8) is 0 Å². The number of ether oxygens (including phenoxy) is 2. The van der Waals surface area contributed by atoms with Gasteiger partial charge in [-0.05, 0) is 36.4 Å². The number of amides is 2. The molecule has 0 saturated carbocycles. The van der Waals surface area contributed by atoms with E-state index in [1.807, 2.05) is 35.7 Å². The Morgan fingerprint density at radius 3 is 2.89 bits per heavy atom. The lowest BCUT2D eigenvalue weighted by Crippen LogP contribution is -2.45. The fraction of sp³-hybridized carbons (Fsp3) is 0.400. The number of likely N-dealkylation sites (tertiary alicyclic amines) is 1. The highest BCUT2D eigenvalue weighted by molar-refractivity contribution is 7.12. The van der Waals surface area contributed by atoms with E-state index in [9.17, 15) is 9.59 Å². The van der Waals surface area contributed by atoms with E-state index in [1.54, 1.807) is 18.1 Å². The number of nitrogens with zero attached hydrogens (tertiary/aromatic N) is 1. The number of thiophene rings is 1. The standard InChI is InChI=1S/C20H24N2O4S/c1-25-16-6-2-7-17(13-16)26-11-9-21-19(23)15-5-3-10-22(14-15)20(24)18-8-4-12-27-18/h2,4,6-8,12-13,15H,3,5,9-11,14H2,1H3,(H,21,23). The van der Waals surface area contributed by atoms with Crippen LogP contribution in [0.4, 0.5) is 0 Å². The molecule has 1 unspecified atom stereocenters. The molecule has 1 aromatic carbocycles. The highest BCUT2D eigenvalue weighted by Gasteiger charge is 2.29. The second-order valence-corrected chi connectivity index (χ2v) is 7.33. The number of benzene rings is 1. The number of carbonyl (C=O) groups excluding carboxylic acids is 2. The minimum atomic E-state index is -0.167. The first-order chi connectivity index (χ1) is 13.2. The van der Waals surface area contributed by atoms with Gasteiger partial charge in [-0.1, -0.05) is 12.1 Å². The highest BCUT2D eigenvalue weighted by atomic mass is 32.1. The van der Waals surface area contributed by atoms with Crippen molar-refractivity contribution in [1.82, 2.24) is 10.2 Å². The van der Waals surface area contributed by atoms with Crippen LogP contribution in [0.1, 0.15) is 22.5 Å². The lowest BCUT2D eigenvalue weighted by atomic mass is 9.97. The summed E-state index contributed by atoms with van der Waals surface area (Å²) in [6.45, 7) is 1.98. The van der Waals surface area contributed by atoms with Crippen molar-refractivity contribution in [2.24, 2.45) is 5.92 Å². The molecule has 1 aromatic heterocycles. The van der Waals surface area contributed by atoms with Crippen LogP contribution in [0.3, 0.4) is 0 Å². The summed E-state index contributed by atoms with van der Waals surface area (Å²) in [4.78, 5) is 27.4. The number of carbonyl (C=O) groups is 2. The van der Waals surface area contributed by atoms with Crippen molar-refractivity contribution in [3.8, 4) is 11.5 Å². The number of piperidine rings is 1. The highest BCUT2D eigenvalue weighted by Crippen LogP contribution is 2.21. The molecule has 144 valence electrons. The summed E-state index contributed by atoms with van der Waals surface area (Å²) in [7, 11) is 1.61. The van der Waals surface area contributed by atoms with E-state index in [0.29, 0.717) is 32.0 Å². The SMILES string of the molecule is COc1cccc(OCCNC(=O)C2CCCN(C(=O)c3cccs3)C2)c1. The molecule has 0 spiro atoms. The van der Waals surface area contributed by atoms with Gasteiger partial charge in [-0.25, -0.2) is 0 Å². The van der Waals surface area contributed by atoms with E-state index in [4.69, 9.17) is 9.47 Å². The van der Waals surface area contributed by atoms with Gasteiger partial charge in [-0.15, -0.1) is 11.3 Å². The summed E-state index contributed by atoms with van der Waals surface area (Å²) in [5, 5.41) is 4.81. The average molecular weight is 388 g/mol. The molecule has 3 rings (SSSR count). The normalized spacial score (nSPS) is 16.6. The summed E-state index contributed by atoms with van der Waals surface area (Å²) in [6.07, 6.45) is 1.65. The molecule has 2 amide bonds. The second kappa shape index (κ2) is 9.41. The van der Waals surface area contributed by atoms with E-state index in [2.05, 4.69) is 5.32 Å². The van der Waals surface area contributed by atoms with Crippen molar-refractivity contribution in [1.29, 1.82) is 0 Å².